The summed E-state index contributed by atoms with van der Waals surface area (Å²) >= 11 is 5.93. The third-order valence-corrected chi connectivity index (χ3v) is 6.05. The van der Waals surface area contributed by atoms with E-state index in [0.717, 1.165) is 17.5 Å². The number of nitrogens with one attached hydrogen (secondary N) is 1. The number of rotatable bonds is 5. The van der Waals surface area contributed by atoms with E-state index in [1.165, 1.54) is 12.1 Å². The molecule has 6 heteroatoms. The molecule has 1 N–H and O–H groups in total. The van der Waals surface area contributed by atoms with Crippen molar-refractivity contribution in [3.63, 3.8) is 0 Å². The molecular formula is C26H24ClFN2O2. The van der Waals surface area contributed by atoms with E-state index in [2.05, 4.69) is 5.32 Å². The van der Waals surface area contributed by atoms with Gasteiger partial charge in [0.25, 0.3) is 5.91 Å². The lowest BCUT2D eigenvalue weighted by Crippen LogP contribution is -2.46. The molecule has 3 aromatic carbocycles. The second-order valence-electron chi connectivity index (χ2n) is 8.00. The van der Waals surface area contributed by atoms with Crippen molar-refractivity contribution in [3.05, 3.63) is 106 Å². The Morgan fingerprint density at radius 3 is 2.28 bits per heavy atom. The smallest absolute Gasteiger partial charge is 0.253 e. The molecule has 164 valence electrons. The van der Waals surface area contributed by atoms with Crippen molar-refractivity contribution in [3.8, 4) is 0 Å². The van der Waals surface area contributed by atoms with Crippen LogP contribution in [-0.2, 0) is 4.79 Å². The number of hydrogen-bond acceptors (Lipinski definition) is 2. The normalized spacial score (nSPS) is 16.9. The lowest BCUT2D eigenvalue weighted by atomic mass is 9.94. The second-order valence-corrected chi connectivity index (χ2v) is 8.44. The molecule has 4 nitrogen and oxygen atoms in total. The standard InChI is InChI=1S/C26H24ClFN2O2/c27-22-12-8-20(9-13-22)26(32)30-16-4-7-21(17-30)25(31)29-24(18-5-2-1-3-6-18)19-10-14-23(28)15-11-19/h1-3,5-6,8-15,21,24H,4,7,16-17H2,(H,29,31). The van der Waals surface area contributed by atoms with Gasteiger partial charge in [-0.05, 0) is 60.4 Å². The number of amides is 2. The molecular weight excluding hydrogens is 427 g/mol. The number of benzene rings is 3. The zero-order chi connectivity index (χ0) is 22.5. The Hall–Kier alpha value is -3.18. The first-order chi connectivity index (χ1) is 15.5. The number of halogens is 2. The number of carbonyl (C=O) groups is 2. The van der Waals surface area contributed by atoms with Gasteiger partial charge in [0.15, 0.2) is 0 Å². The first-order valence-corrected chi connectivity index (χ1v) is 11.0. The van der Waals surface area contributed by atoms with Crippen molar-refractivity contribution in [2.45, 2.75) is 18.9 Å². The fraction of sp³-hybridized carbons (Fsp3) is 0.231. The summed E-state index contributed by atoms with van der Waals surface area (Å²) in [6.07, 6.45) is 1.46. The van der Waals surface area contributed by atoms with Crippen LogP contribution in [0.25, 0.3) is 0 Å². The summed E-state index contributed by atoms with van der Waals surface area (Å²) in [5.41, 5.74) is 2.28. The van der Waals surface area contributed by atoms with E-state index in [1.807, 2.05) is 30.3 Å². The third kappa shape index (κ3) is 5.17. The van der Waals surface area contributed by atoms with Gasteiger partial charge >= 0.3 is 0 Å². The fourth-order valence-electron chi connectivity index (χ4n) is 4.07. The van der Waals surface area contributed by atoms with Crippen LogP contribution < -0.4 is 5.32 Å². The summed E-state index contributed by atoms with van der Waals surface area (Å²) in [4.78, 5) is 27.9. The van der Waals surface area contributed by atoms with E-state index in [1.54, 1.807) is 41.3 Å². The van der Waals surface area contributed by atoms with Crippen LogP contribution in [0.15, 0.2) is 78.9 Å². The second kappa shape index (κ2) is 9.96. The van der Waals surface area contributed by atoms with Gasteiger partial charge in [0.05, 0.1) is 12.0 Å². The van der Waals surface area contributed by atoms with Gasteiger partial charge in [0.1, 0.15) is 5.82 Å². The SMILES string of the molecule is O=C(NC(c1ccccc1)c1ccc(F)cc1)C1CCCN(C(=O)c2ccc(Cl)cc2)C1. The van der Waals surface area contributed by atoms with Crippen molar-refractivity contribution < 1.29 is 14.0 Å². The molecule has 0 radical (unpaired) electrons. The zero-order valence-electron chi connectivity index (χ0n) is 17.5. The Morgan fingerprint density at radius 2 is 1.59 bits per heavy atom. The Balaban J connectivity index is 1.49. The van der Waals surface area contributed by atoms with Crippen LogP contribution in [0.5, 0.6) is 0 Å². The van der Waals surface area contributed by atoms with E-state index in [0.29, 0.717) is 30.1 Å². The Labute approximate surface area is 192 Å². The van der Waals surface area contributed by atoms with Crippen LogP contribution >= 0.6 is 11.6 Å². The molecule has 0 bridgehead atoms. The van der Waals surface area contributed by atoms with Crippen molar-refractivity contribution in [2.24, 2.45) is 5.92 Å². The van der Waals surface area contributed by atoms with Crippen molar-refractivity contribution in [1.82, 2.24) is 10.2 Å². The van der Waals surface area contributed by atoms with Gasteiger partial charge in [-0.2, -0.15) is 0 Å². The number of likely N-dealkylation sites (tertiary alicyclic amines) is 1. The van der Waals surface area contributed by atoms with Gasteiger partial charge in [-0.3, -0.25) is 9.59 Å². The fourth-order valence-corrected chi connectivity index (χ4v) is 4.20. The highest BCUT2D eigenvalue weighted by atomic mass is 35.5. The minimum absolute atomic E-state index is 0.0997. The van der Waals surface area contributed by atoms with Crippen molar-refractivity contribution in [2.75, 3.05) is 13.1 Å². The lowest BCUT2D eigenvalue weighted by Gasteiger charge is -2.33. The first-order valence-electron chi connectivity index (χ1n) is 10.7. The Morgan fingerprint density at radius 1 is 0.938 bits per heavy atom. The van der Waals surface area contributed by atoms with E-state index in [-0.39, 0.29) is 23.5 Å². The van der Waals surface area contributed by atoms with E-state index >= 15 is 0 Å². The van der Waals surface area contributed by atoms with E-state index < -0.39 is 6.04 Å². The van der Waals surface area contributed by atoms with E-state index in [9.17, 15) is 14.0 Å². The predicted octanol–water partition coefficient (Wildman–Crippen LogP) is 5.24. The number of piperidine rings is 1. The molecule has 1 aliphatic heterocycles. The summed E-state index contributed by atoms with van der Waals surface area (Å²) in [7, 11) is 0. The van der Waals surface area contributed by atoms with Crippen LogP contribution in [0.2, 0.25) is 5.02 Å². The van der Waals surface area contributed by atoms with Gasteiger partial charge in [0.2, 0.25) is 5.91 Å². The molecule has 2 unspecified atom stereocenters. The molecule has 2 amide bonds. The molecule has 1 aliphatic rings. The summed E-state index contributed by atoms with van der Waals surface area (Å²) in [6.45, 7) is 0.976. The van der Waals surface area contributed by atoms with Crippen LogP contribution in [0, 0.1) is 11.7 Å². The maximum absolute atomic E-state index is 13.5. The van der Waals surface area contributed by atoms with Gasteiger partial charge in [-0.1, -0.05) is 54.1 Å². The van der Waals surface area contributed by atoms with Crippen LogP contribution in [-0.4, -0.2) is 29.8 Å². The molecule has 4 rings (SSSR count). The van der Waals surface area contributed by atoms with Crippen molar-refractivity contribution >= 4 is 23.4 Å². The highest BCUT2D eigenvalue weighted by Crippen LogP contribution is 2.25. The van der Waals surface area contributed by atoms with Crippen LogP contribution in [0.3, 0.4) is 0 Å². The molecule has 1 saturated heterocycles. The third-order valence-electron chi connectivity index (χ3n) is 5.79. The number of nitrogens with zero attached hydrogens (tertiary/aromatic N) is 1. The van der Waals surface area contributed by atoms with Gasteiger partial charge in [0, 0.05) is 23.7 Å². The lowest BCUT2D eigenvalue weighted by molar-refractivity contribution is -0.126. The topological polar surface area (TPSA) is 49.4 Å². The largest absolute Gasteiger partial charge is 0.345 e. The first kappa shape index (κ1) is 22.0. The average molecular weight is 451 g/mol. The minimum atomic E-state index is -0.397. The van der Waals surface area contributed by atoms with Gasteiger partial charge < -0.3 is 10.2 Å². The molecule has 0 spiro atoms. The molecule has 32 heavy (non-hydrogen) atoms. The van der Waals surface area contributed by atoms with Gasteiger partial charge in [-0.15, -0.1) is 0 Å². The maximum atomic E-state index is 13.5. The number of hydrogen-bond donors (Lipinski definition) is 1. The van der Waals surface area contributed by atoms with Crippen LogP contribution in [0.1, 0.15) is 40.4 Å². The zero-order valence-corrected chi connectivity index (χ0v) is 18.3. The summed E-state index contributed by atoms with van der Waals surface area (Å²) < 4.78 is 13.5. The average Bonchev–Trinajstić information content (AvgIpc) is 2.84. The highest BCUT2D eigenvalue weighted by molar-refractivity contribution is 6.30. The molecule has 0 aromatic heterocycles. The molecule has 3 aromatic rings. The quantitative estimate of drug-likeness (QED) is 0.578. The maximum Gasteiger partial charge on any atom is 0.253 e. The monoisotopic (exact) mass is 450 g/mol. The summed E-state index contributed by atoms with van der Waals surface area (Å²) in [5.74, 6) is -0.851. The molecule has 0 aliphatic carbocycles. The minimum Gasteiger partial charge on any atom is -0.345 e. The number of carbonyl (C=O) groups excluding carboxylic acids is 2. The Bertz CT molecular complexity index is 1070. The van der Waals surface area contributed by atoms with Crippen molar-refractivity contribution in [1.29, 1.82) is 0 Å². The molecule has 0 saturated carbocycles. The summed E-state index contributed by atoms with van der Waals surface area (Å²) in [5, 5.41) is 3.70. The summed E-state index contributed by atoms with van der Waals surface area (Å²) in [6, 6.07) is 22.1. The molecule has 1 heterocycles. The van der Waals surface area contributed by atoms with Gasteiger partial charge in [-0.25, -0.2) is 4.39 Å². The Kier molecular flexibility index (Phi) is 6.86. The highest BCUT2D eigenvalue weighted by Gasteiger charge is 2.30. The predicted molar refractivity (Wildman–Crippen MR) is 123 cm³/mol. The molecule has 1 fully saturated rings. The molecule has 2 atom stereocenters. The van der Waals surface area contributed by atoms with Crippen LogP contribution in [0.4, 0.5) is 4.39 Å². The van der Waals surface area contributed by atoms with E-state index in [4.69, 9.17) is 11.6 Å².